The van der Waals surface area contributed by atoms with E-state index in [1.54, 1.807) is 11.3 Å². The molecule has 0 unspecified atom stereocenters. The first kappa shape index (κ1) is 16.8. The zero-order valence-corrected chi connectivity index (χ0v) is 15.2. The Labute approximate surface area is 151 Å². The zero-order valence-electron chi connectivity index (χ0n) is 13.5. The van der Waals surface area contributed by atoms with Gasteiger partial charge in [-0.3, -0.25) is 0 Å². The van der Waals surface area contributed by atoms with E-state index in [2.05, 4.69) is 38.1 Å². The van der Waals surface area contributed by atoms with E-state index in [0.717, 1.165) is 27.6 Å². The molecule has 0 fully saturated rings. The summed E-state index contributed by atoms with van der Waals surface area (Å²) in [5.41, 5.74) is 4.74. The predicted molar refractivity (Wildman–Crippen MR) is 103 cm³/mol. The Kier molecular flexibility index (Phi) is 4.78. The van der Waals surface area contributed by atoms with Crippen molar-refractivity contribution in [3.63, 3.8) is 0 Å². The highest BCUT2D eigenvalue weighted by Gasteiger charge is 2.10. The molecule has 24 heavy (non-hydrogen) atoms. The highest BCUT2D eigenvalue weighted by molar-refractivity contribution is 7.19. The molecule has 0 spiro atoms. The Morgan fingerprint density at radius 1 is 0.958 bits per heavy atom. The summed E-state index contributed by atoms with van der Waals surface area (Å²) in [6, 6.07) is 10.4. The molecule has 0 saturated heterocycles. The van der Waals surface area contributed by atoms with E-state index in [-0.39, 0.29) is 12.4 Å². The minimum absolute atomic E-state index is 0. The van der Waals surface area contributed by atoms with Crippen LogP contribution in [-0.4, -0.2) is 18.2 Å². The van der Waals surface area contributed by atoms with Crippen molar-refractivity contribution in [2.75, 3.05) is 13.2 Å². The first-order valence-electron chi connectivity index (χ1n) is 7.64. The van der Waals surface area contributed by atoms with Gasteiger partial charge in [0.05, 0.1) is 10.2 Å². The van der Waals surface area contributed by atoms with Crippen molar-refractivity contribution >= 4 is 46.1 Å². The Morgan fingerprint density at radius 2 is 1.71 bits per heavy atom. The minimum atomic E-state index is 0. The molecule has 0 bridgehead atoms. The van der Waals surface area contributed by atoms with Crippen LogP contribution < -0.4 is 9.47 Å². The van der Waals surface area contributed by atoms with E-state index in [9.17, 15) is 0 Å². The molecule has 0 aliphatic carbocycles. The average molecular weight is 360 g/mol. The van der Waals surface area contributed by atoms with Gasteiger partial charge in [0.25, 0.3) is 0 Å². The first-order chi connectivity index (χ1) is 11.2. The van der Waals surface area contributed by atoms with Gasteiger partial charge in [-0.05, 0) is 60.9 Å². The maximum atomic E-state index is 5.62. The van der Waals surface area contributed by atoms with Gasteiger partial charge in [-0.15, -0.1) is 23.7 Å². The lowest BCUT2D eigenvalue weighted by Crippen LogP contribution is -2.15. The molecule has 1 aromatic heterocycles. The standard InChI is InChI=1S/C19H17NO2S.ClH/c1-12-9-15-18(10-13(12)2)23-19(20-15)6-4-14-3-5-16-17(11-14)22-8-7-21-16;/h3-6,9-11H,7-8H2,1-2H3;1H/b6-4+;. The molecule has 3 aromatic rings. The maximum Gasteiger partial charge on any atom is 0.161 e. The number of rotatable bonds is 2. The lowest BCUT2D eigenvalue weighted by molar-refractivity contribution is 0.171. The topological polar surface area (TPSA) is 31.4 Å². The van der Waals surface area contributed by atoms with Gasteiger partial charge in [0.2, 0.25) is 0 Å². The molecule has 2 aromatic carbocycles. The second kappa shape index (κ2) is 6.83. The number of aryl methyl sites for hydroxylation is 2. The molecule has 0 atom stereocenters. The van der Waals surface area contributed by atoms with Gasteiger partial charge >= 0.3 is 0 Å². The SMILES string of the molecule is Cc1cc2nc(/C=C/c3ccc4c(c3)OCCO4)sc2cc1C.Cl. The molecule has 0 saturated carbocycles. The van der Waals surface area contributed by atoms with Crippen LogP contribution in [0.1, 0.15) is 21.7 Å². The van der Waals surface area contributed by atoms with Crippen molar-refractivity contribution in [3.8, 4) is 11.5 Å². The monoisotopic (exact) mass is 359 g/mol. The smallest absolute Gasteiger partial charge is 0.161 e. The van der Waals surface area contributed by atoms with E-state index >= 15 is 0 Å². The number of fused-ring (bicyclic) bond motifs is 2. The number of halogens is 1. The van der Waals surface area contributed by atoms with E-state index in [1.165, 1.54) is 15.8 Å². The lowest BCUT2D eigenvalue weighted by atomic mass is 10.1. The third-order valence-electron chi connectivity index (χ3n) is 4.01. The summed E-state index contributed by atoms with van der Waals surface area (Å²) in [5.74, 6) is 1.63. The van der Waals surface area contributed by atoms with Gasteiger partial charge in [-0.25, -0.2) is 4.98 Å². The molecular weight excluding hydrogens is 342 g/mol. The van der Waals surface area contributed by atoms with E-state index in [4.69, 9.17) is 14.5 Å². The summed E-state index contributed by atoms with van der Waals surface area (Å²) in [6.07, 6.45) is 4.12. The number of aromatic nitrogens is 1. The van der Waals surface area contributed by atoms with Crippen LogP contribution in [0.25, 0.3) is 22.4 Å². The third kappa shape index (κ3) is 3.25. The molecule has 0 amide bonds. The Morgan fingerprint density at radius 3 is 2.54 bits per heavy atom. The fraction of sp³-hybridized carbons (Fsp3) is 0.211. The first-order valence-corrected chi connectivity index (χ1v) is 8.46. The molecule has 0 N–H and O–H groups in total. The summed E-state index contributed by atoms with van der Waals surface area (Å²) in [6.45, 7) is 5.49. The van der Waals surface area contributed by atoms with Crippen LogP contribution in [0.15, 0.2) is 30.3 Å². The van der Waals surface area contributed by atoms with E-state index < -0.39 is 0 Å². The molecule has 2 heterocycles. The second-order valence-electron chi connectivity index (χ2n) is 5.69. The van der Waals surface area contributed by atoms with Crippen molar-refractivity contribution in [3.05, 3.63) is 52.0 Å². The third-order valence-corrected chi connectivity index (χ3v) is 4.99. The summed E-state index contributed by atoms with van der Waals surface area (Å²) < 4.78 is 12.4. The fourth-order valence-electron chi connectivity index (χ4n) is 2.60. The summed E-state index contributed by atoms with van der Waals surface area (Å²) in [5, 5.41) is 1.01. The number of thiazole rings is 1. The van der Waals surface area contributed by atoms with Crippen molar-refractivity contribution in [2.45, 2.75) is 13.8 Å². The van der Waals surface area contributed by atoms with Gasteiger partial charge in [0.1, 0.15) is 18.2 Å². The molecule has 4 rings (SSSR count). The van der Waals surface area contributed by atoms with Crippen LogP contribution in [0.5, 0.6) is 11.5 Å². The molecular formula is C19H18ClNO2S. The molecule has 1 aliphatic heterocycles. The fourth-order valence-corrected chi connectivity index (χ4v) is 3.55. The number of ether oxygens (including phenoxy) is 2. The van der Waals surface area contributed by atoms with Gasteiger partial charge in [-0.1, -0.05) is 12.1 Å². The van der Waals surface area contributed by atoms with Crippen molar-refractivity contribution in [2.24, 2.45) is 0 Å². The number of benzene rings is 2. The Balaban J connectivity index is 0.00000169. The van der Waals surface area contributed by atoms with Crippen LogP contribution >= 0.6 is 23.7 Å². The number of hydrogen-bond acceptors (Lipinski definition) is 4. The van der Waals surface area contributed by atoms with E-state index in [1.807, 2.05) is 18.2 Å². The Bertz CT molecular complexity index is 878. The summed E-state index contributed by atoms with van der Waals surface area (Å²) >= 11 is 1.71. The normalized spacial score (nSPS) is 13.2. The van der Waals surface area contributed by atoms with Crippen molar-refractivity contribution in [1.29, 1.82) is 0 Å². The van der Waals surface area contributed by atoms with Gasteiger partial charge in [-0.2, -0.15) is 0 Å². The van der Waals surface area contributed by atoms with Crippen molar-refractivity contribution < 1.29 is 9.47 Å². The van der Waals surface area contributed by atoms with Gasteiger partial charge in [0.15, 0.2) is 11.5 Å². The largest absolute Gasteiger partial charge is 0.486 e. The van der Waals surface area contributed by atoms with Crippen LogP contribution in [0.2, 0.25) is 0 Å². The van der Waals surface area contributed by atoms with Gasteiger partial charge < -0.3 is 9.47 Å². The lowest BCUT2D eigenvalue weighted by Gasteiger charge is -2.18. The average Bonchev–Trinajstić information content (AvgIpc) is 2.95. The summed E-state index contributed by atoms with van der Waals surface area (Å²) in [4.78, 5) is 4.69. The molecule has 124 valence electrons. The van der Waals surface area contributed by atoms with Crippen molar-refractivity contribution in [1.82, 2.24) is 4.98 Å². The summed E-state index contributed by atoms with van der Waals surface area (Å²) in [7, 11) is 0. The van der Waals surface area contributed by atoms with Crippen LogP contribution in [-0.2, 0) is 0 Å². The van der Waals surface area contributed by atoms with Crippen LogP contribution in [0.3, 0.4) is 0 Å². The minimum Gasteiger partial charge on any atom is -0.486 e. The molecule has 0 radical (unpaired) electrons. The predicted octanol–water partition coefficient (Wildman–Crippen LogP) is 5.28. The zero-order chi connectivity index (χ0) is 15.8. The Hall–Kier alpha value is -2.04. The highest BCUT2D eigenvalue weighted by atomic mass is 35.5. The van der Waals surface area contributed by atoms with Crippen LogP contribution in [0, 0.1) is 13.8 Å². The highest BCUT2D eigenvalue weighted by Crippen LogP contribution is 2.32. The number of nitrogens with zero attached hydrogens (tertiary/aromatic N) is 1. The second-order valence-corrected chi connectivity index (χ2v) is 6.75. The maximum absolute atomic E-state index is 5.62. The van der Waals surface area contributed by atoms with E-state index in [0.29, 0.717) is 13.2 Å². The molecule has 1 aliphatic rings. The number of hydrogen-bond donors (Lipinski definition) is 0. The van der Waals surface area contributed by atoms with Gasteiger partial charge in [0, 0.05) is 0 Å². The van der Waals surface area contributed by atoms with Crippen LogP contribution in [0.4, 0.5) is 0 Å². The molecule has 5 heteroatoms. The molecule has 3 nitrogen and oxygen atoms in total. The quantitative estimate of drug-likeness (QED) is 0.624.